The van der Waals surface area contributed by atoms with E-state index in [1.54, 1.807) is 0 Å². The summed E-state index contributed by atoms with van der Waals surface area (Å²) in [6, 6.07) is 10.3. The molecule has 1 atom stereocenters. The van der Waals surface area contributed by atoms with Gasteiger partial charge in [0, 0.05) is 11.8 Å². The van der Waals surface area contributed by atoms with Crippen LogP contribution >= 0.6 is 0 Å². The molecule has 0 amide bonds. The molecule has 82 valence electrons. The molecule has 0 bridgehead atoms. The summed E-state index contributed by atoms with van der Waals surface area (Å²) in [5.41, 5.74) is 1.26. The summed E-state index contributed by atoms with van der Waals surface area (Å²) in [6.07, 6.45) is 1.82. The Labute approximate surface area is 92.5 Å². The lowest BCUT2D eigenvalue weighted by Crippen LogP contribution is -2.21. The lowest BCUT2D eigenvalue weighted by Gasteiger charge is -2.15. The minimum Gasteiger partial charge on any atom is -0.299 e. The molecule has 0 aromatic heterocycles. The van der Waals surface area contributed by atoms with Crippen molar-refractivity contribution in [1.82, 2.24) is 0 Å². The molecule has 0 fully saturated rings. The molecule has 0 saturated carbocycles. The fourth-order valence-corrected chi connectivity index (χ4v) is 1.82. The molecular formula is C14H20O. The third-order valence-electron chi connectivity index (χ3n) is 2.79. The Bertz CT molecular complexity index is 300. The van der Waals surface area contributed by atoms with Gasteiger partial charge in [-0.05, 0) is 18.4 Å². The fourth-order valence-electron chi connectivity index (χ4n) is 1.82. The van der Waals surface area contributed by atoms with Crippen LogP contribution < -0.4 is 0 Å². The molecule has 0 aliphatic carbocycles. The first-order valence-electron chi connectivity index (χ1n) is 5.72. The monoisotopic (exact) mass is 204 g/mol. The predicted octanol–water partition coefficient (Wildman–Crippen LogP) is 3.48. The second kappa shape index (κ2) is 5.69. The molecule has 0 N–H and O–H groups in total. The van der Waals surface area contributed by atoms with Crippen LogP contribution in [-0.2, 0) is 11.2 Å². The van der Waals surface area contributed by atoms with Crippen molar-refractivity contribution >= 4 is 5.78 Å². The van der Waals surface area contributed by atoms with Gasteiger partial charge in [-0.25, -0.2) is 0 Å². The van der Waals surface area contributed by atoms with E-state index in [-0.39, 0.29) is 11.8 Å². The average molecular weight is 204 g/mol. The molecule has 15 heavy (non-hydrogen) atoms. The molecule has 0 spiro atoms. The van der Waals surface area contributed by atoms with E-state index in [9.17, 15) is 4.79 Å². The van der Waals surface area contributed by atoms with Gasteiger partial charge in [0.25, 0.3) is 0 Å². The van der Waals surface area contributed by atoms with E-state index in [1.807, 2.05) is 32.0 Å². The molecule has 1 aromatic carbocycles. The topological polar surface area (TPSA) is 17.1 Å². The van der Waals surface area contributed by atoms with Gasteiger partial charge in [-0.1, -0.05) is 51.1 Å². The average Bonchev–Trinajstić information content (AvgIpc) is 2.26. The molecule has 1 heteroatoms. The quantitative estimate of drug-likeness (QED) is 0.717. The van der Waals surface area contributed by atoms with E-state index >= 15 is 0 Å². The number of hydrogen-bond donors (Lipinski definition) is 0. The van der Waals surface area contributed by atoms with Gasteiger partial charge in [0.2, 0.25) is 0 Å². The van der Waals surface area contributed by atoms with Gasteiger partial charge < -0.3 is 0 Å². The largest absolute Gasteiger partial charge is 0.299 e. The van der Waals surface area contributed by atoms with Gasteiger partial charge in [0.05, 0.1) is 0 Å². The Morgan fingerprint density at radius 3 is 2.27 bits per heavy atom. The molecule has 0 unspecified atom stereocenters. The maximum absolute atomic E-state index is 11.9. The molecule has 1 rings (SSSR count). The van der Waals surface area contributed by atoms with Crippen molar-refractivity contribution in [3.05, 3.63) is 35.9 Å². The van der Waals surface area contributed by atoms with Gasteiger partial charge in [0.15, 0.2) is 0 Å². The van der Waals surface area contributed by atoms with Crippen molar-refractivity contribution in [3.63, 3.8) is 0 Å². The van der Waals surface area contributed by atoms with Crippen LogP contribution in [0.5, 0.6) is 0 Å². The van der Waals surface area contributed by atoms with Gasteiger partial charge in [-0.3, -0.25) is 4.79 Å². The molecule has 0 radical (unpaired) electrons. The fraction of sp³-hybridized carbons (Fsp3) is 0.500. The first kappa shape index (κ1) is 12.0. The summed E-state index contributed by atoms with van der Waals surface area (Å²) in [5.74, 6) is 0.729. The van der Waals surface area contributed by atoms with Crippen molar-refractivity contribution < 1.29 is 4.79 Å². The molecule has 1 nitrogen and oxygen atoms in total. The second-order valence-corrected chi connectivity index (χ2v) is 4.35. The van der Waals surface area contributed by atoms with E-state index in [0.717, 1.165) is 12.8 Å². The highest BCUT2D eigenvalue weighted by Gasteiger charge is 2.19. The molecule has 0 aliphatic heterocycles. The molecular weight excluding hydrogens is 184 g/mol. The first-order valence-corrected chi connectivity index (χ1v) is 5.72. The summed E-state index contributed by atoms with van der Waals surface area (Å²) >= 11 is 0. The lowest BCUT2D eigenvalue weighted by atomic mass is 9.88. The van der Waals surface area contributed by atoms with Crippen LogP contribution in [0.25, 0.3) is 0 Å². The van der Waals surface area contributed by atoms with Crippen molar-refractivity contribution in [2.24, 2.45) is 11.8 Å². The van der Waals surface area contributed by atoms with E-state index in [0.29, 0.717) is 5.78 Å². The lowest BCUT2D eigenvalue weighted by molar-refractivity contribution is -0.125. The van der Waals surface area contributed by atoms with Crippen LogP contribution in [0.2, 0.25) is 0 Å². The Balaban J connectivity index is 2.66. The van der Waals surface area contributed by atoms with Crippen molar-refractivity contribution in [1.29, 1.82) is 0 Å². The number of carbonyl (C=O) groups is 1. The van der Waals surface area contributed by atoms with Gasteiger partial charge in [0.1, 0.15) is 5.78 Å². The van der Waals surface area contributed by atoms with Gasteiger partial charge >= 0.3 is 0 Å². The first-order chi connectivity index (χ1) is 7.15. The highest BCUT2D eigenvalue weighted by atomic mass is 16.1. The van der Waals surface area contributed by atoms with Gasteiger partial charge in [-0.15, -0.1) is 0 Å². The number of benzene rings is 1. The zero-order chi connectivity index (χ0) is 11.3. The van der Waals surface area contributed by atoms with E-state index in [1.165, 1.54) is 5.56 Å². The van der Waals surface area contributed by atoms with Crippen molar-refractivity contribution in [2.45, 2.75) is 33.6 Å². The number of hydrogen-bond acceptors (Lipinski definition) is 1. The predicted molar refractivity (Wildman–Crippen MR) is 63.8 cm³/mol. The smallest absolute Gasteiger partial charge is 0.138 e. The third-order valence-corrected chi connectivity index (χ3v) is 2.79. The highest BCUT2D eigenvalue weighted by molar-refractivity contribution is 5.83. The Kier molecular flexibility index (Phi) is 4.54. The van der Waals surface area contributed by atoms with E-state index in [4.69, 9.17) is 0 Å². The summed E-state index contributed by atoms with van der Waals surface area (Å²) in [6.45, 7) is 6.06. The summed E-state index contributed by atoms with van der Waals surface area (Å²) in [7, 11) is 0. The molecule has 0 saturated heterocycles. The van der Waals surface area contributed by atoms with Gasteiger partial charge in [-0.2, -0.15) is 0 Å². The number of carbonyl (C=O) groups excluding carboxylic acids is 1. The normalized spacial score (nSPS) is 12.8. The van der Waals surface area contributed by atoms with Crippen LogP contribution in [-0.4, -0.2) is 5.78 Å². The van der Waals surface area contributed by atoms with Crippen LogP contribution in [0.4, 0.5) is 0 Å². The van der Waals surface area contributed by atoms with E-state index in [2.05, 4.69) is 19.1 Å². The highest BCUT2D eigenvalue weighted by Crippen LogP contribution is 2.16. The molecule has 0 heterocycles. The van der Waals surface area contributed by atoms with Crippen LogP contribution in [0.3, 0.4) is 0 Å². The molecule has 1 aromatic rings. The van der Waals surface area contributed by atoms with Crippen LogP contribution in [0.15, 0.2) is 30.3 Å². The van der Waals surface area contributed by atoms with Crippen molar-refractivity contribution in [2.75, 3.05) is 0 Å². The standard InChI is InChI=1S/C14H20O/c1-4-13(14(15)11(2)3)10-12-8-6-5-7-9-12/h5-9,11,13H,4,10H2,1-3H3/t13-/m0/s1. The Morgan fingerprint density at radius 2 is 1.80 bits per heavy atom. The third kappa shape index (κ3) is 3.50. The van der Waals surface area contributed by atoms with E-state index < -0.39 is 0 Å². The Hall–Kier alpha value is -1.11. The maximum atomic E-state index is 11.9. The molecule has 0 aliphatic rings. The minimum atomic E-state index is 0.152. The summed E-state index contributed by atoms with van der Waals surface area (Å²) in [4.78, 5) is 11.9. The minimum absolute atomic E-state index is 0.152. The number of ketones is 1. The van der Waals surface area contributed by atoms with Crippen LogP contribution in [0.1, 0.15) is 32.8 Å². The summed E-state index contributed by atoms with van der Waals surface area (Å²) < 4.78 is 0. The summed E-state index contributed by atoms with van der Waals surface area (Å²) in [5, 5.41) is 0. The zero-order valence-electron chi connectivity index (χ0n) is 9.86. The van der Waals surface area contributed by atoms with Crippen LogP contribution in [0, 0.1) is 11.8 Å². The maximum Gasteiger partial charge on any atom is 0.138 e. The number of Topliss-reactive ketones (excluding diaryl/α,β-unsaturated/α-hetero) is 1. The number of rotatable bonds is 5. The zero-order valence-corrected chi connectivity index (χ0v) is 9.86. The van der Waals surface area contributed by atoms with Crippen molar-refractivity contribution in [3.8, 4) is 0 Å². The second-order valence-electron chi connectivity index (χ2n) is 4.35. The SMILES string of the molecule is CC[C@@H](Cc1ccccc1)C(=O)C(C)C. The Morgan fingerprint density at radius 1 is 1.20 bits per heavy atom.